The summed E-state index contributed by atoms with van der Waals surface area (Å²) >= 11 is 0. The molecule has 0 aromatic rings. The van der Waals surface area contributed by atoms with Crippen LogP contribution in [0.2, 0.25) is 0 Å². The molecule has 1 aliphatic carbocycles. The van der Waals surface area contributed by atoms with E-state index in [4.69, 9.17) is 4.74 Å². The molecule has 0 spiro atoms. The van der Waals surface area contributed by atoms with Gasteiger partial charge in [0.15, 0.2) is 0 Å². The summed E-state index contributed by atoms with van der Waals surface area (Å²) < 4.78 is 5.04. The van der Waals surface area contributed by atoms with E-state index in [2.05, 4.69) is 13.8 Å². The van der Waals surface area contributed by atoms with Gasteiger partial charge in [0.2, 0.25) is 0 Å². The molecular weight excluding hydrogens is 164 g/mol. The van der Waals surface area contributed by atoms with Gasteiger partial charge in [-0.15, -0.1) is 0 Å². The fourth-order valence-electron chi connectivity index (χ4n) is 1.91. The first-order valence-electron chi connectivity index (χ1n) is 5.18. The highest BCUT2D eigenvalue weighted by molar-refractivity contribution is 5.80. The molecule has 13 heavy (non-hydrogen) atoms. The molecule has 2 heteroatoms. The Morgan fingerprint density at radius 2 is 2.23 bits per heavy atom. The zero-order valence-electron chi connectivity index (χ0n) is 9.09. The summed E-state index contributed by atoms with van der Waals surface area (Å²) in [5.74, 6) is 1.24. The summed E-state index contributed by atoms with van der Waals surface area (Å²) in [6.07, 6.45) is 2.17. The molecule has 1 rings (SSSR count). The maximum Gasteiger partial charge on any atom is 0.312 e. The lowest BCUT2D eigenvalue weighted by atomic mass is 10.00. The molecule has 1 fully saturated rings. The molecule has 76 valence electrons. The van der Waals surface area contributed by atoms with Crippen molar-refractivity contribution < 1.29 is 9.53 Å². The molecule has 0 N–H and O–H groups in total. The number of carbonyl (C=O) groups is 1. The number of rotatable bonds is 4. The van der Waals surface area contributed by atoms with Crippen LogP contribution in [0, 0.1) is 17.3 Å². The van der Waals surface area contributed by atoms with Crippen LogP contribution in [0.5, 0.6) is 0 Å². The third kappa shape index (κ3) is 2.23. The van der Waals surface area contributed by atoms with E-state index < -0.39 is 0 Å². The fourth-order valence-corrected chi connectivity index (χ4v) is 1.91. The molecule has 0 aliphatic heterocycles. The van der Waals surface area contributed by atoms with E-state index in [1.54, 1.807) is 0 Å². The zero-order chi connectivity index (χ0) is 10.1. The Morgan fingerprint density at radius 1 is 1.62 bits per heavy atom. The maximum atomic E-state index is 11.5. The van der Waals surface area contributed by atoms with E-state index in [1.807, 2.05) is 13.8 Å². The van der Waals surface area contributed by atoms with Crippen molar-refractivity contribution >= 4 is 5.97 Å². The second-order valence-electron chi connectivity index (χ2n) is 4.67. The highest BCUT2D eigenvalue weighted by Gasteiger charge is 2.56. The van der Waals surface area contributed by atoms with Gasteiger partial charge in [0, 0.05) is 0 Å². The van der Waals surface area contributed by atoms with Crippen LogP contribution in [0.4, 0.5) is 0 Å². The van der Waals surface area contributed by atoms with Crippen molar-refractivity contribution in [1.82, 2.24) is 0 Å². The lowest BCUT2D eigenvalue weighted by molar-refractivity contribution is -0.149. The standard InChI is InChI=1S/C11H20O2/c1-5-13-10(12)11(4)7-9(11)6-8(2)3/h8-9H,5-7H2,1-4H3. The van der Waals surface area contributed by atoms with Gasteiger partial charge >= 0.3 is 5.97 Å². The highest BCUT2D eigenvalue weighted by Crippen LogP contribution is 2.55. The largest absolute Gasteiger partial charge is 0.466 e. The summed E-state index contributed by atoms with van der Waals surface area (Å²) in [7, 11) is 0. The number of hydrogen-bond donors (Lipinski definition) is 0. The smallest absolute Gasteiger partial charge is 0.312 e. The minimum Gasteiger partial charge on any atom is -0.466 e. The van der Waals surface area contributed by atoms with Crippen molar-refractivity contribution in [3.8, 4) is 0 Å². The third-order valence-electron chi connectivity index (χ3n) is 2.91. The van der Waals surface area contributed by atoms with Gasteiger partial charge in [-0.2, -0.15) is 0 Å². The average molecular weight is 184 g/mol. The maximum absolute atomic E-state index is 11.5. The molecule has 2 nitrogen and oxygen atoms in total. The normalized spacial score (nSPS) is 31.9. The first-order valence-corrected chi connectivity index (χ1v) is 5.18. The summed E-state index contributed by atoms with van der Waals surface area (Å²) in [5, 5.41) is 0. The van der Waals surface area contributed by atoms with Gasteiger partial charge in [-0.1, -0.05) is 13.8 Å². The minimum atomic E-state index is -0.152. The van der Waals surface area contributed by atoms with Crippen LogP contribution in [0.1, 0.15) is 40.5 Å². The Bertz CT molecular complexity index is 198. The van der Waals surface area contributed by atoms with E-state index in [9.17, 15) is 4.79 Å². The molecule has 0 saturated heterocycles. The van der Waals surface area contributed by atoms with Crippen molar-refractivity contribution in [3.63, 3.8) is 0 Å². The molecule has 2 unspecified atom stereocenters. The Labute approximate surface area is 80.7 Å². The summed E-state index contributed by atoms with van der Waals surface area (Å²) in [4.78, 5) is 11.5. The first-order chi connectivity index (χ1) is 6.00. The highest BCUT2D eigenvalue weighted by atomic mass is 16.5. The molecule has 0 amide bonds. The number of ether oxygens (including phenoxy) is 1. The van der Waals surface area contributed by atoms with Crippen LogP contribution < -0.4 is 0 Å². The monoisotopic (exact) mass is 184 g/mol. The number of carbonyl (C=O) groups excluding carboxylic acids is 1. The predicted molar refractivity (Wildman–Crippen MR) is 52.3 cm³/mol. The molecule has 1 saturated carbocycles. The van der Waals surface area contributed by atoms with Crippen molar-refractivity contribution in [2.24, 2.45) is 17.3 Å². The van der Waals surface area contributed by atoms with Gasteiger partial charge in [-0.05, 0) is 38.5 Å². The van der Waals surface area contributed by atoms with Crippen LogP contribution >= 0.6 is 0 Å². The van der Waals surface area contributed by atoms with Crippen LogP contribution in [0.3, 0.4) is 0 Å². The summed E-state index contributed by atoms with van der Waals surface area (Å²) in [6, 6.07) is 0. The van der Waals surface area contributed by atoms with Crippen molar-refractivity contribution in [1.29, 1.82) is 0 Å². The van der Waals surface area contributed by atoms with Gasteiger partial charge < -0.3 is 4.74 Å². The van der Waals surface area contributed by atoms with Crippen molar-refractivity contribution in [2.45, 2.75) is 40.5 Å². The number of hydrogen-bond acceptors (Lipinski definition) is 2. The Kier molecular flexibility index (Phi) is 2.99. The van der Waals surface area contributed by atoms with E-state index in [-0.39, 0.29) is 11.4 Å². The van der Waals surface area contributed by atoms with E-state index in [1.165, 1.54) is 0 Å². The van der Waals surface area contributed by atoms with Crippen molar-refractivity contribution in [2.75, 3.05) is 6.61 Å². The molecule has 0 bridgehead atoms. The van der Waals surface area contributed by atoms with Crippen molar-refractivity contribution in [3.05, 3.63) is 0 Å². The number of esters is 1. The molecule has 2 atom stereocenters. The minimum absolute atomic E-state index is 0.000602. The van der Waals surface area contributed by atoms with Gasteiger partial charge in [-0.25, -0.2) is 0 Å². The topological polar surface area (TPSA) is 26.3 Å². The van der Waals surface area contributed by atoms with Gasteiger partial charge in [0.1, 0.15) is 0 Å². The quantitative estimate of drug-likeness (QED) is 0.628. The molecule has 0 aromatic heterocycles. The first kappa shape index (κ1) is 10.6. The van der Waals surface area contributed by atoms with Gasteiger partial charge in [-0.3, -0.25) is 4.79 Å². The van der Waals surface area contributed by atoms with Gasteiger partial charge in [0.05, 0.1) is 12.0 Å². The summed E-state index contributed by atoms with van der Waals surface area (Å²) in [6.45, 7) is 8.79. The fraction of sp³-hybridized carbons (Fsp3) is 0.909. The molecule has 0 aromatic carbocycles. The second-order valence-corrected chi connectivity index (χ2v) is 4.67. The predicted octanol–water partition coefficient (Wildman–Crippen LogP) is 2.62. The molecular formula is C11H20O2. The average Bonchev–Trinajstić information content (AvgIpc) is 2.62. The Balaban J connectivity index is 2.40. The summed E-state index contributed by atoms with van der Waals surface area (Å²) in [5.41, 5.74) is -0.152. The van der Waals surface area contributed by atoms with E-state index >= 15 is 0 Å². The Morgan fingerprint density at radius 3 is 2.69 bits per heavy atom. The zero-order valence-corrected chi connectivity index (χ0v) is 9.09. The van der Waals surface area contributed by atoms with E-state index in [0.717, 1.165) is 12.8 Å². The lowest BCUT2D eigenvalue weighted by Crippen LogP contribution is -2.18. The molecule has 0 heterocycles. The van der Waals surface area contributed by atoms with Crippen LogP contribution in [0.15, 0.2) is 0 Å². The molecule has 1 aliphatic rings. The van der Waals surface area contributed by atoms with Crippen LogP contribution in [0.25, 0.3) is 0 Å². The van der Waals surface area contributed by atoms with Gasteiger partial charge in [0.25, 0.3) is 0 Å². The Hall–Kier alpha value is -0.530. The second kappa shape index (κ2) is 3.69. The molecule has 0 radical (unpaired) electrons. The third-order valence-corrected chi connectivity index (χ3v) is 2.91. The van der Waals surface area contributed by atoms with E-state index in [0.29, 0.717) is 18.4 Å². The van der Waals surface area contributed by atoms with Crippen LogP contribution in [-0.2, 0) is 9.53 Å². The lowest BCUT2D eigenvalue weighted by Gasteiger charge is -2.10. The van der Waals surface area contributed by atoms with Crippen LogP contribution in [-0.4, -0.2) is 12.6 Å². The SMILES string of the molecule is CCOC(=O)C1(C)CC1CC(C)C.